The second-order valence-electron chi connectivity index (χ2n) is 6.50. The molecule has 0 saturated carbocycles. The van der Waals surface area contributed by atoms with E-state index in [2.05, 4.69) is 5.32 Å². The molecule has 2 N–H and O–H groups in total. The van der Waals surface area contributed by atoms with Crippen LogP contribution in [0.1, 0.15) is 35.2 Å². The van der Waals surface area contributed by atoms with Crippen LogP contribution >= 0.6 is 23.2 Å². The number of nitrogens with zero attached hydrogens (tertiary/aromatic N) is 1. The molecular weight excluding hydrogens is 449 g/mol. The number of benzene rings is 2. The number of carbonyl (C=O) groups is 3. The van der Waals surface area contributed by atoms with Gasteiger partial charge in [0.25, 0.3) is 11.6 Å². The van der Waals surface area contributed by atoms with E-state index in [9.17, 15) is 24.5 Å². The molecule has 2 rings (SSSR count). The van der Waals surface area contributed by atoms with Crippen molar-refractivity contribution in [3.8, 4) is 0 Å². The first-order valence-electron chi connectivity index (χ1n) is 9.07. The first kappa shape index (κ1) is 24.1. The third kappa shape index (κ3) is 7.54. The van der Waals surface area contributed by atoms with Gasteiger partial charge in [-0.1, -0.05) is 23.2 Å². The predicted octanol–water partition coefficient (Wildman–Crippen LogP) is 3.72. The zero-order chi connectivity index (χ0) is 23.0. The third-order valence-corrected chi connectivity index (χ3v) is 4.74. The van der Waals surface area contributed by atoms with E-state index in [1.54, 1.807) is 0 Å². The lowest BCUT2D eigenvalue weighted by Crippen LogP contribution is -2.42. The number of carbonyl (C=O) groups excluding carboxylic acids is 3. The summed E-state index contributed by atoms with van der Waals surface area (Å²) >= 11 is 11.9. The summed E-state index contributed by atoms with van der Waals surface area (Å²) in [6, 6.07) is 8.65. The molecule has 0 aliphatic rings. The Morgan fingerprint density at radius 2 is 1.81 bits per heavy atom. The summed E-state index contributed by atoms with van der Waals surface area (Å²) in [5, 5.41) is 13.7. The normalized spacial score (nSPS) is 11.4. The highest BCUT2D eigenvalue weighted by atomic mass is 35.5. The summed E-state index contributed by atoms with van der Waals surface area (Å²) in [5.41, 5.74) is 7.50. The molecule has 2 aromatic rings. The molecule has 1 unspecified atom stereocenters. The van der Waals surface area contributed by atoms with Gasteiger partial charge >= 0.3 is 5.97 Å². The van der Waals surface area contributed by atoms with E-state index in [0.29, 0.717) is 10.6 Å². The van der Waals surface area contributed by atoms with Crippen LogP contribution in [0.15, 0.2) is 42.5 Å². The van der Waals surface area contributed by atoms with Crippen molar-refractivity contribution in [1.29, 1.82) is 0 Å². The third-order valence-electron chi connectivity index (χ3n) is 4.19. The van der Waals surface area contributed by atoms with Gasteiger partial charge in [0, 0.05) is 23.6 Å². The predicted molar refractivity (Wildman–Crippen MR) is 113 cm³/mol. The van der Waals surface area contributed by atoms with Gasteiger partial charge in [-0.05, 0) is 48.7 Å². The monoisotopic (exact) mass is 466 g/mol. The quantitative estimate of drug-likeness (QED) is 0.321. The number of ether oxygens (including phenoxy) is 1. The summed E-state index contributed by atoms with van der Waals surface area (Å²) in [6.07, 6.45) is 0.179. The van der Waals surface area contributed by atoms with Crippen molar-refractivity contribution in [2.75, 3.05) is 0 Å². The number of hydrogen-bond donors (Lipinski definition) is 1. The molecule has 9 nitrogen and oxygen atoms in total. The van der Waals surface area contributed by atoms with E-state index < -0.39 is 28.7 Å². The van der Waals surface area contributed by atoms with Gasteiger partial charge in [-0.25, -0.2) is 4.79 Å². The maximum absolute atomic E-state index is 12.6. The minimum Gasteiger partial charge on any atom is -0.459 e. The van der Waals surface area contributed by atoms with E-state index >= 15 is 0 Å². The van der Waals surface area contributed by atoms with Crippen LogP contribution in [-0.4, -0.2) is 28.7 Å². The number of amides is 2. The number of nitrogens with one attached hydrogen (secondary N) is 2. The van der Waals surface area contributed by atoms with Crippen molar-refractivity contribution in [2.24, 2.45) is 0 Å². The molecule has 0 fully saturated rings. The topological polar surface area (TPSA) is 139 Å². The summed E-state index contributed by atoms with van der Waals surface area (Å²) in [5.74, 6) is -2.17. The van der Waals surface area contributed by atoms with Crippen molar-refractivity contribution in [3.63, 3.8) is 0 Å². The molecule has 2 aromatic carbocycles. The second kappa shape index (κ2) is 11.3. The van der Waals surface area contributed by atoms with Gasteiger partial charge in [-0.15, -0.1) is 0 Å². The second-order valence-corrected chi connectivity index (χ2v) is 7.34. The maximum atomic E-state index is 12.6. The molecule has 11 heteroatoms. The molecule has 31 heavy (non-hydrogen) atoms. The zero-order valence-electron chi connectivity index (χ0n) is 16.1. The molecule has 1 radical (unpaired) electrons. The van der Waals surface area contributed by atoms with Crippen LogP contribution in [0.3, 0.4) is 0 Å². The molecule has 2 amide bonds. The van der Waals surface area contributed by atoms with E-state index in [1.165, 1.54) is 42.5 Å². The van der Waals surface area contributed by atoms with Crippen molar-refractivity contribution in [3.05, 3.63) is 73.8 Å². The Kier molecular flexibility index (Phi) is 8.77. The van der Waals surface area contributed by atoms with Gasteiger partial charge in [0.2, 0.25) is 5.91 Å². The van der Waals surface area contributed by atoms with Crippen LogP contribution in [0.25, 0.3) is 0 Å². The minimum absolute atomic E-state index is 0.0701. The summed E-state index contributed by atoms with van der Waals surface area (Å²) in [6.45, 7) is -0.164. The average Bonchev–Trinajstić information content (AvgIpc) is 2.71. The van der Waals surface area contributed by atoms with Crippen LogP contribution in [0, 0.1) is 10.1 Å². The summed E-state index contributed by atoms with van der Waals surface area (Å²) in [7, 11) is 0. The zero-order valence-corrected chi connectivity index (χ0v) is 17.6. The Hall–Kier alpha value is -3.17. The van der Waals surface area contributed by atoms with Gasteiger partial charge in [0.05, 0.1) is 15.5 Å². The number of nitro benzene ring substituents is 1. The fourth-order valence-electron chi connectivity index (χ4n) is 2.59. The molecule has 1 atom stereocenters. The highest BCUT2D eigenvalue weighted by Gasteiger charge is 2.24. The van der Waals surface area contributed by atoms with E-state index in [0.717, 1.165) is 0 Å². The first-order chi connectivity index (χ1) is 14.7. The molecule has 0 heterocycles. The SMILES string of the molecule is [NH]C(=O)CCCC(NC(=O)c1ccc(Cl)cc1Cl)C(=O)OCc1ccc([N+](=O)[O-])cc1. The molecule has 0 aliphatic carbocycles. The Bertz CT molecular complexity index is 981. The number of nitro groups is 1. The van der Waals surface area contributed by atoms with Crippen LogP contribution < -0.4 is 11.1 Å². The van der Waals surface area contributed by atoms with Gasteiger partial charge in [0.15, 0.2) is 0 Å². The van der Waals surface area contributed by atoms with E-state index in [-0.39, 0.29) is 42.1 Å². The number of hydrogen-bond acceptors (Lipinski definition) is 6. The van der Waals surface area contributed by atoms with Crippen LogP contribution in [-0.2, 0) is 20.9 Å². The largest absolute Gasteiger partial charge is 0.459 e. The Labute approximate surface area is 187 Å². The van der Waals surface area contributed by atoms with Crippen molar-refractivity contribution < 1.29 is 24.0 Å². The number of rotatable bonds is 10. The lowest BCUT2D eigenvalue weighted by molar-refractivity contribution is -0.384. The standard InChI is InChI=1S/C20H18Cl2N3O6/c21-13-6-9-15(16(22)10-13)19(27)24-17(2-1-3-18(23)26)20(28)31-11-12-4-7-14(8-5-12)25(29)30/h4-10,17,23H,1-3,11H2,(H,24,27). The highest BCUT2D eigenvalue weighted by molar-refractivity contribution is 6.36. The molecule has 0 aromatic heterocycles. The summed E-state index contributed by atoms with van der Waals surface area (Å²) in [4.78, 5) is 46.1. The fourth-order valence-corrected chi connectivity index (χ4v) is 3.09. The Morgan fingerprint density at radius 3 is 2.39 bits per heavy atom. The van der Waals surface area contributed by atoms with Gasteiger partial charge in [-0.3, -0.25) is 25.4 Å². The molecular formula is C20H18Cl2N3O6. The van der Waals surface area contributed by atoms with Gasteiger partial charge in [0.1, 0.15) is 12.6 Å². The molecule has 0 spiro atoms. The minimum atomic E-state index is -1.09. The lowest BCUT2D eigenvalue weighted by Gasteiger charge is -2.18. The number of non-ortho nitro benzene ring substituents is 1. The van der Waals surface area contributed by atoms with Crippen molar-refractivity contribution >= 4 is 46.7 Å². The number of esters is 1. The Balaban J connectivity index is 2.06. The first-order valence-corrected chi connectivity index (χ1v) is 9.83. The van der Waals surface area contributed by atoms with Crippen LogP contribution in [0.2, 0.25) is 10.0 Å². The van der Waals surface area contributed by atoms with Crippen molar-refractivity contribution in [1.82, 2.24) is 11.1 Å². The molecule has 0 bridgehead atoms. The highest BCUT2D eigenvalue weighted by Crippen LogP contribution is 2.21. The Morgan fingerprint density at radius 1 is 1.13 bits per heavy atom. The van der Waals surface area contributed by atoms with Crippen molar-refractivity contribution in [2.45, 2.75) is 31.9 Å². The fraction of sp³-hybridized carbons (Fsp3) is 0.250. The van der Waals surface area contributed by atoms with Gasteiger partial charge in [-0.2, -0.15) is 0 Å². The maximum Gasteiger partial charge on any atom is 0.328 e. The smallest absolute Gasteiger partial charge is 0.328 e. The van der Waals surface area contributed by atoms with Crippen LogP contribution in [0.4, 0.5) is 5.69 Å². The van der Waals surface area contributed by atoms with E-state index in [4.69, 9.17) is 33.7 Å². The van der Waals surface area contributed by atoms with E-state index in [1.807, 2.05) is 0 Å². The average molecular weight is 467 g/mol. The molecule has 163 valence electrons. The molecule has 0 saturated heterocycles. The summed E-state index contributed by atoms with van der Waals surface area (Å²) < 4.78 is 5.22. The molecule has 0 aliphatic heterocycles. The van der Waals surface area contributed by atoms with Crippen LogP contribution in [0.5, 0.6) is 0 Å². The lowest BCUT2D eigenvalue weighted by atomic mass is 10.1. The van der Waals surface area contributed by atoms with Gasteiger partial charge < -0.3 is 10.1 Å². The number of halogens is 2.